The lowest BCUT2D eigenvalue weighted by Crippen LogP contribution is -2.71. The van der Waals surface area contributed by atoms with Crippen LogP contribution in [-0.2, 0) is 68.9 Å². The quantitative estimate of drug-likeness (QED) is 0.0646. The first-order chi connectivity index (χ1) is 30.9. The molecule has 68 heavy (non-hydrogen) atoms. The zero-order valence-electron chi connectivity index (χ0n) is 38.2. The molecule has 6 rings (SSSR count). The summed E-state index contributed by atoms with van der Waals surface area (Å²) < 4.78 is 156. The third-order valence-electron chi connectivity index (χ3n) is 8.01. The molecule has 0 saturated heterocycles. The standard InChI is InChI=1S/C33H26N2O10S3.2C2H6O3S.3C2H6.2CH4/c1-44-48(42,43)32-17-26-30(19-28(32)35-23-12-6-3-7-13-23)45-29-18-27(34-22-10-4-2-5-11-22)21(20-46(36,37)38)16-25(29)33(26)24-14-8-9-15-31(24)47(39,40)41;2*1-5-6(2,3)4;3*1-2;;/h2-19,35H,20H2,1H3,(H,36,37,38)(H,39,40,41);2*1-2H3;3*1-2H3;2*1H4. The van der Waals surface area contributed by atoms with E-state index in [0.717, 1.165) is 39.9 Å². The molecule has 1 aliphatic carbocycles. The van der Waals surface area contributed by atoms with Gasteiger partial charge in [0.2, 0.25) is 11.0 Å². The van der Waals surface area contributed by atoms with Gasteiger partial charge in [-0.05, 0) is 30.3 Å². The van der Waals surface area contributed by atoms with Crippen molar-refractivity contribution in [3.63, 3.8) is 0 Å². The van der Waals surface area contributed by atoms with Crippen molar-refractivity contribution in [1.29, 1.82) is 0 Å². The van der Waals surface area contributed by atoms with Crippen LogP contribution in [0, 0.1) is 0 Å². The highest BCUT2D eigenvalue weighted by atomic mass is 32.2. The van der Waals surface area contributed by atoms with Crippen LogP contribution in [0.1, 0.15) is 62.0 Å². The summed E-state index contributed by atoms with van der Waals surface area (Å²) in [5.41, 5.74) is 1.43. The molecule has 0 saturated carbocycles. The summed E-state index contributed by atoms with van der Waals surface area (Å²) in [6.45, 7) is 12.0. The van der Waals surface area contributed by atoms with E-state index < -0.39 is 61.2 Å². The Labute approximate surface area is 403 Å². The van der Waals surface area contributed by atoms with Gasteiger partial charge in [-0.25, -0.2) is 13.4 Å². The lowest BCUT2D eigenvalue weighted by Gasteiger charge is -2.21. The molecule has 0 bridgehead atoms. The van der Waals surface area contributed by atoms with E-state index in [9.17, 15) is 51.2 Å². The molecule has 0 unspecified atom stereocenters. The van der Waals surface area contributed by atoms with Crippen LogP contribution in [0.25, 0.3) is 33.4 Å². The van der Waals surface area contributed by atoms with E-state index >= 15 is 0 Å². The van der Waals surface area contributed by atoms with Gasteiger partial charge in [0.05, 0.1) is 50.5 Å². The maximum atomic E-state index is 13.3. The molecular weight excluding hydrogens is 985 g/mol. The summed E-state index contributed by atoms with van der Waals surface area (Å²) in [5, 5.41) is 3.36. The van der Waals surface area contributed by atoms with Crippen LogP contribution in [0.4, 0.5) is 17.1 Å². The van der Waals surface area contributed by atoms with Crippen molar-refractivity contribution in [3.05, 3.63) is 120 Å². The lowest BCUT2D eigenvalue weighted by molar-refractivity contribution is -0.403. The fraction of sp³-hybridized carbons (Fsp3) is 0.311. The molecule has 0 radical (unpaired) electrons. The molecule has 23 heteroatoms. The summed E-state index contributed by atoms with van der Waals surface area (Å²) in [6.07, 6.45) is 1.99. The van der Waals surface area contributed by atoms with Crippen molar-refractivity contribution in [3.8, 4) is 22.5 Å². The summed E-state index contributed by atoms with van der Waals surface area (Å²) >= 11 is 0. The SMILES string of the molecule is C.C.CC.CC.CC.COS(=O)(=O)c1cc2c(-c3ccccc3S(=O)(=O)[O-])c3cc(CS(=O)(=O)O)c(=[NH+]c4ccccc4)cc-3oc2cc1Nc1ccccc1.COS(C)(=O)=O.COS(C)(=O)=O. The first-order valence-electron chi connectivity index (χ1n) is 19.7. The van der Waals surface area contributed by atoms with Crippen molar-refractivity contribution in [2.75, 3.05) is 39.2 Å². The molecule has 4 aromatic carbocycles. The van der Waals surface area contributed by atoms with Crippen LogP contribution in [-0.4, -0.2) is 85.0 Å². The molecule has 0 amide bonds. The molecule has 380 valence electrons. The van der Waals surface area contributed by atoms with Gasteiger partial charge in [-0.2, -0.15) is 33.7 Å². The van der Waals surface area contributed by atoms with Crippen molar-refractivity contribution in [2.24, 2.45) is 0 Å². The van der Waals surface area contributed by atoms with Gasteiger partial charge in [0, 0.05) is 51.5 Å². The number of fused-ring (bicyclic) bond motifs is 2. The van der Waals surface area contributed by atoms with Gasteiger partial charge in [0.1, 0.15) is 32.1 Å². The number of hydrogen-bond donors (Lipinski definition) is 3. The predicted octanol–water partition coefficient (Wildman–Crippen LogP) is 7.42. The highest BCUT2D eigenvalue weighted by Gasteiger charge is 2.28. The number of anilines is 2. The first-order valence-corrected chi connectivity index (χ1v) is 27.8. The van der Waals surface area contributed by atoms with Gasteiger partial charge >= 0.3 is 0 Å². The molecule has 4 aromatic rings. The highest BCUT2D eigenvalue weighted by molar-refractivity contribution is 7.87. The maximum Gasteiger partial charge on any atom is 0.298 e. The fourth-order valence-electron chi connectivity index (χ4n) is 5.37. The summed E-state index contributed by atoms with van der Waals surface area (Å²) in [4.78, 5) is 2.18. The predicted molar refractivity (Wildman–Crippen MR) is 267 cm³/mol. The number of nitrogens with one attached hydrogen (secondary N) is 2. The normalized spacial score (nSPS) is 11.4. The minimum atomic E-state index is -5.08. The van der Waals surface area contributed by atoms with Gasteiger partial charge in [0.25, 0.3) is 40.5 Å². The molecule has 0 spiro atoms. The molecule has 3 N–H and O–H groups in total. The Morgan fingerprint density at radius 1 is 0.618 bits per heavy atom. The Balaban J connectivity index is 0. The van der Waals surface area contributed by atoms with Gasteiger partial charge < -0.3 is 14.3 Å². The monoisotopic (exact) mass is 1050 g/mol. The van der Waals surface area contributed by atoms with Gasteiger partial charge in [0.15, 0.2) is 0 Å². The van der Waals surface area contributed by atoms with Crippen LogP contribution in [0.3, 0.4) is 0 Å². The van der Waals surface area contributed by atoms with E-state index in [4.69, 9.17) is 8.60 Å². The smallest absolute Gasteiger partial charge is 0.298 e. The van der Waals surface area contributed by atoms with Crippen LogP contribution in [0.2, 0.25) is 0 Å². The number of para-hydroxylation sites is 2. The lowest BCUT2D eigenvalue weighted by atomic mass is 9.92. The van der Waals surface area contributed by atoms with E-state index in [1.165, 1.54) is 42.5 Å². The second-order valence-electron chi connectivity index (χ2n) is 12.3. The summed E-state index contributed by atoms with van der Waals surface area (Å²) in [7, 11) is -17.2. The molecule has 18 nitrogen and oxygen atoms in total. The van der Waals surface area contributed by atoms with E-state index in [-0.39, 0.29) is 69.8 Å². The molecular formula is C45H64N2O16S5. The second-order valence-corrected chi connectivity index (χ2v) is 20.3. The molecule has 0 atom stereocenters. The number of rotatable bonds is 11. The molecule has 1 heterocycles. The number of hydrogen-bond acceptors (Lipinski definition) is 16. The Morgan fingerprint density at radius 3 is 1.54 bits per heavy atom. The Hall–Kier alpha value is -5.08. The minimum Gasteiger partial charge on any atom is -0.744 e. The Kier molecular flexibility index (Phi) is 27.8. The largest absolute Gasteiger partial charge is 0.744 e. The van der Waals surface area contributed by atoms with Crippen LogP contribution >= 0.6 is 0 Å². The topological polar surface area (TPSA) is 281 Å². The molecule has 0 aromatic heterocycles. The Bertz CT molecular complexity index is 3080. The third-order valence-corrected chi connectivity index (χ3v) is 12.1. The van der Waals surface area contributed by atoms with E-state index in [1.807, 2.05) is 41.5 Å². The van der Waals surface area contributed by atoms with Crippen molar-refractivity contribution in [2.45, 2.75) is 71.9 Å². The zero-order valence-corrected chi connectivity index (χ0v) is 42.3. The van der Waals surface area contributed by atoms with E-state index in [2.05, 4.69) is 18.7 Å². The second kappa shape index (κ2) is 29.1. The van der Waals surface area contributed by atoms with Crippen molar-refractivity contribution >= 4 is 78.6 Å². The zero-order chi connectivity index (χ0) is 50.7. The average molecular weight is 1050 g/mol. The highest BCUT2D eigenvalue weighted by Crippen LogP contribution is 2.45. The van der Waals surface area contributed by atoms with E-state index in [0.29, 0.717) is 11.4 Å². The first kappa shape index (κ1) is 65.0. The van der Waals surface area contributed by atoms with Crippen molar-refractivity contribution < 1.29 is 73.2 Å². The molecule has 0 fully saturated rings. The summed E-state index contributed by atoms with van der Waals surface area (Å²) in [6, 6.07) is 28.3. The molecule has 2 aliphatic rings. The van der Waals surface area contributed by atoms with Crippen molar-refractivity contribution in [1.82, 2.24) is 0 Å². The van der Waals surface area contributed by atoms with Crippen LogP contribution < -0.4 is 15.7 Å². The van der Waals surface area contributed by atoms with Gasteiger partial charge in [-0.3, -0.25) is 17.1 Å². The van der Waals surface area contributed by atoms with E-state index in [1.54, 1.807) is 60.7 Å². The average Bonchev–Trinajstić information content (AvgIpc) is 3.27. The Morgan fingerprint density at radius 2 is 1.09 bits per heavy atom. The number of benzene rings is 5. The minimum absolute atomic E-state index is 0. The fourth-order valence-corrected chi connectivity index (χ4v) is 7.51. The van der Waals surface area contributed by atoms with Gasteiger partial charge in [-0.1, -0.05) is 111 Å². The summed E-state index contributed by atoms with van der Waals surface area (Å²) in [5.74, 6) is -0.735. The molecule has 1 aliphatic heterocycles. The van der Waals surface area contributed by atoms with Gasteiger partial charge in [-0.15, -0.1) is 0 Å². The maximum absolute atomic E-state index is 13.3. The van der Waals surface area contributed by atoms with Crippen LogP contribution in [0.15, 0.2) is 123 Å². The third kappa shape index (κ3) is 20.3. The van der Waals surface area contributed by atoms with Crippen LogP contribution in [0.5, 0.6) is 0 Å².